The van der Waals surface area contributed by atoms with Crippen LogP contribution in [0.2, 0.25) is 0 Å². The Labute approximate surface area is 177 Å². The van der Waals surface area contributed by atoms with Gasteiger partial charge in [0, 0.05) is 13.0 Å². The number of benzene rings is 1. The van der Waals surface area contributed by atoms with E-state index in [2.05, 4.69) is 5.32 Å². The zero-order valence-electron chi connectivity index (χ0n) is 18.7. The first-order chi connectivity index (χ1) is 13.7. The number of halogens is 1. The van der Waals surface area contributed by atoms with Gasteiger partial charge in [0.1, 0.15) is 11.4 Å². The number of amides is 2. The van der Waals surface area contributed by atoms with E-state index in [4.69, 9.17) is 14.0 Å². The lowest BCUT2D eigenvalue weighted by atomic mass is 9.79. The molecule has 9 heteroatoms. The van der Waals surface area contributed by atoms with Crippen molar-refractivity contribution in [3.05, 3.63) is 24.0 Å². The van der Waals surface area contributed by atoms with E-state index in [0.717, 1.165) is 0 Å². The van der Waals surface area contributed by atoms with Crippen LogP contribution >= 0.6 is 0 Å². The van der Waals surface area contributed by atoms with Crippen LogP contribution in [0.4, 0.5) is 14.9 Å². The largest absolute Gasteiger partial charge is 0.494 e. The van der Waals surface area contributed by atoms with E-state index in [9.17, 15) is 14.0 Å². The second-order valence-electron chi connectivity index (χ2n) is 9.85. The predicted octanol–water partition coefficient (Wildman–Crippen LogP) is 2.75. The smallest absolute Gasteiger partial charge is 0.444 e. The summed E-state index contributed by atoms with van der Waals surface area (Å²) < 4.78 is 32.1. The van der Waals surface area contributed by atoms with Gasteiger partial charge in [-0.2, -0.15) is 0 Å². The highest BCUT2D eigenvalue weighted by atomic mass is 19.1. The Morgan fingerprint density at radius 3 is 2.37 bits per heavy atom. The fraction of sp³-hybridized carbons (Fsp3) is 0.619. The Hall–Kier alpha value is -2.13. The first-order valence-corrected chi connectivity index (χ1v) is 10.1. The van der Waals surface area contributed by atoms with Crippen LogP contribution in [0.25, 0.3) is 0 Å². The highest BCUT2D eigenvalue weighted by Crippen LogP contribution is 2.36. The Bertz CT molecular complexity index is 836. The Balaban J connectivity index is 1.70. The summed E-state index contributed by atoms with van der Waals surface area (Å²) in [6.07, 6.45) is -0.517. The molecule has 0 unspecified atom stereocenters. The van der Waals surface area contributed by atoms with E-state index in [-0.39, 0.29) is 24.6 Å². The molecule has 164 valence electrons. The number of alkyl carbamates (subject to hydrolysis) is 1. The van der Waals surface area contributed by atoms with E-state index < -0.39 is 41.9 Å². The first kappa shape index (κ1) is 22.6. The second kappa shape index (κ2) is 7.53. The summed E-state index contributed by atoms with van der Waals surface area (Å²) >= 11 is 0. The van der Waals surface area contributed by atoms with Gasteiger partial charge in [0.15, 0.2) is 0 Å². The first-order valence-electron chi connectivity index (χ1n) is 10.1. The van der Waals surface area contributed by atoms with Crippen molar-refractivity contribution in [1.29, 1.82) is 0 Å². The van der Waals surface area contributed by atoms with E-state index in [1.54, 1.807) is 32.9 Å². The van der Waals surface area contributed by atoms with Crippen LogP contribution in [0, 0.1) is 5.82 Å². The highest BCUT2D eigenvalue weighted by molar-refractivity contribution is 6.62. The van der Waals surface area contributed by atoms with Gasteiger partial charge in [-0.1, -0.05) is 6.07 Å². The van der Waals surface area contributed by atoms with Crippen LogP contribution in [0.3, 0.4) is 0 Å². The SMILES string of the molecule is CC(C)(C)OC(=O)N[C@H]1CC(=O)N(c2ccc(B3OC(C)(C)C(C)(C)O3)cc2F)C1. The maximum absolute atomic E-state index is 14.9. The van der Waals surface area contributed by atoms with Crippen LogP contribution in [0.5, 0.6) is 0 Å². The van der Waals surface area contributed by atoms with E-state index >= 15 is 0 Å². The van der Waals surface area contributed by atoms with Crippen LogP contribution < -0.4 is 15.7 Å². The highest BCUT2D eigenvalue weighted by Gasteiger charge is 2.51. The van der Waals surface area contributed by atoms with Crippen LogP contribution in [0.1, 0.15) is 54.9 Å². The van der Waals surface area contributed by atoms with Crippen molar-refractivity contribution in [3.8, 4) is 0 Å². The van der Waals surface area contributed by atoms with Crippen molar-refractivity contribution >= 4 is 30.3 Å². The van der Waals surface area contributed by atoms with Gasteiger partial charge in [-0.05, 0) is 66.1 Å². The average Bonchev–Trinajstić information content (AvgIpc) is 3.01. The number of rotatable bonds is 3. The summed E-state index contributed by atoms with van der Waals surface area (Å²) in [6.45, 7) is 13.2. The maximum atomic E-state index is 14.9. The number of carbonyl (C=O) groups excluding carboxylic acids is 2. The maximum Gasteiger partial charge on any atom is 0.494 e. The van der Waals surface area contributed by atoms with Crippen LogP contribution in [0.15, 0.2) is 18.2 Å². The number of carbonyl (C=O) groups is 2. The molecule has 2 fully saturated rings. The van der Waals surface area contributed by atoms with Gasteiger partial charge < -0.3 is 24.3 Å². The summed E-state index contributed by atoms with van der Waals surface area (Å²) in [5.41, 5.74) is -0.989. The van der Waals surface area contributed by atoms with Crippen LogP contribution in [-0.4, -0.2) is 48.5 Å². The Morgan fingerprint density at radius 1 is 1.23 bits per heavy atom. The van der Waals surface area contributed by atoms with Gasteiger partial charge >= 0.3 is 13.2 Å². The minimum absolute atomic E-state index is 0.0810. The van der Waals surface area contributed by atoms with Crippen LogP contribution in [-0.2, 0) is 18.8 Å². The summed E-state index contributed by atoms with van der Waals surface area (Å²) in [5, 5.41) is 2.67. The quantitative estimate of drug-likeness (QED) is 0.762. The minimum Gasteiger partial charge on any atom is -0.444 e. The number of ether oxygens (including phenoxy) is 1. The molecule has 0 aliphatic carbocycles. The molecule has 0 bridgehead atoms. The zero-order chi connectivity index (χ0) is 22.5. The molecule has 3 rings (SSSR count). The van der Waals surface area contributed by atoms with Crippen molar-refractivity contribution < 1.29 is 28.0 Å². The lowest BCUT2D eigenvalue weighted by molar-refractivity contribution is -0.117. The third-order valence-electron chi connectivity index (χ3n) is 5.63. The third-order valence-corrected chi connectivity index (χ3v) is 5.63. The van der Waals surface area contributed by atoms with E-state index in [0.29, 0.717) is 5.46 Å². The summed E-state index contributed by atoms with van der Waals surface area (Å²) in [7, 11) is -0.686. The monoisotopic (exact) mass is 420 g/mol. The van der Waals surface area contributed by atoms with E-state index in [1.165, 1.54) is 11.0 Å². The normalized spacial score (nSPS) is 23.1. The molecule has 30 heavy (non-hydrogen) atoms. The summed E-state index contributed by atoms with van der Waals surface area (Å²) in [5.74, 6) is -0.813. The molecule has 2 heterocycles. The van der Waals surface area contributed by atoms with Crippen molar-refractivity contribution in [3.63, 3.8) is 0 Å². The van der Waals surface area contributed by atoms with Gasteiger partial charge in [0.25, 0.3) is 0 Å². The standard InChI is InChI=1S/C21H30BFN2O5/c1-19(2,3)28-18(27)24-14-11-17(26)25(12-14)16-9-8-13(10-15(16)23)22-29-20(4,5)21(6,7)30-22/h8-10,14H,11-12H2,1-7H3,(H,24,27)/t14-/m0/s1. The van der Waals surface area contributed by atoms with Gasteiger partial charge in [-0.15, -0.1) is 0 Å². The Kier molecular flexibility index (Phi) is 5.66. The van der Waals surface area contributed by atoms with Crippen molar-refractivity contribution in [2.75, 3.05) is 11.4 Å². The molecule has 2 aliphatic heterocycles. The number of anilines is 1. The molecule has 1 N–H and O–H groups in total. The topological polar surface area (TPSA) is 77.1 Å². The Morgan fingerprint density at radius 2 is 1.83 bits per heavy atom. The zero-order valence-corrected chi connectivity index (χ0v) is 18.7. The second-order valence-corrected chi connectivity index (χ2v) is 9.85. The number of hydrogen-bond donors (Lipinski definition) is 1. The van der Waals surface area contributed by atoms with Gasteiger partial charge in [0.2, 0.25) is 5.91 Å². The molecule has 0 spiro atoms. The number of hydrogen-bond acceptors (Lipinski definition) is 5. The molecular weight excluding hydrogens is 390 g/mol. The molecule has 1 aromatic rings. The van der Waals surface area contributed by atoms with Gasteiger partial charge in [-0.3, -0.25) is 4.79 Å². The fourth-order valence-electron chi connectivity index (χ4n) is 3.38. The molecular formula is C21H30BFN2O5. The molecule has 0 saturated carbocycles. The third kappa shape index (κ3) is 4.62. The average molecular weight is 420 g/mol. The van der Waals surface area contributed by atoms with Gasteiger partial charge in [0.05, 0.1) is 22.9 Å². The van der Waals surface area contributed by atoms with Gasteiger partial charge in [-0.25, -0.2) is 9.18 Å². The predicted molar refractivity (Wildman–Crippen MR) is 112 cm³/mol. The molecule has 2 aliphatic rings. The summed E-state index contributed by atoms with van der Waals surface area (Å²) in [4.78, 5) is 25.7. The van der Waals surface area contributed by atoms with Crippen molar-refractivity contribution in [2.45, 2.75) is 77.7 Å². The van der Waals surface area contributed by atoms with Crippen molar-refractivity contribution in [2.24, 2.45) is 0 Å². The molecule has 1 atom stereocenters. The fourth-order valence-corrected chi connectivity index (χ4v) is 3.38. The molecule has 0 aromatic heterocycles. The number of nitrogens with zero attached hydrogens (tertiary/aromatic N) is 1. The van der Waals surface area contributed by atoms with Crippen molar-refractivity contribution in [1.82, 2.24) is 5.32 Å². The van der Waals surface area contributed by atoms with E-state index in [1.807, 2.05) is 27.7 Å². The summed E-state index contributed by atoms with van der Waals surface area (Å²) in [6, 6.07) is 4.13. The lowest BCUT2D eigenvalue weighted by Gasteiger charge is -2.32. The molecule has 0 radical (unpaired) electrons. The molecule has 2 amide bonds. The molecule has 7 nitrogen and oxygen atoms in total. The number of nitrogens with one attached hydrogen (secondary N) is 1. The minimum atomic E-state index is -0.686. The molecule has 2 saturated heterocycles. The lowest BCUT2D eigenvalue weighted by Crippen LogP contribution is -2.41. The molecule has 1 aromatic carbocycles.